The molecule has 0 atom stereocenters. The van der Waals surface area contributed by atoms with Crippen molar-refractivity contribution in [3.8, 4) is 5.88 Å². The van der Waals surface area contributed by atoms with Crippen LogP contribution in [0.4, 0.5) is 5.69 Å². The van der Waals surface area contributed by atoms with Crippen LogP contribution in [-0.2, 0) is 0 Å². The van der Waals surface area contributed by atoms with Crippen molar-refractivity contribution in [1.29, 1.82) is 0 Å². The van der Waals surface area contributed by atoms with Crippen LogP contribution in [-0.4, -0.2) is 11.6 Å². The Hall–Kier alpha value is -1.74. The standard InChI is InChI=1S/C7H8N4O/c1-2-12-7-6(10-11-8)4-3-5-9-7/h3-5H,2H2,1H3. The lowest BCUT2D eigenvalue weighted by molar-refractivity contribution is 0.328. The molecule has 0 bridgehead atoms. The van der Waals surface area contributed by atoms with Crippen molar-refractivity contribution in [2.24, 2.45) is 5.11 Å². The van der Waals surface area contributed by atoms with E-state index in [0.29, 0.717) is 18.2 Å². The van der Waals surface area contributed by atoms with Gasteiger partial charge in [0.2, 0.25) is 5.88 Å². The Kier molecular flexibility index (Phi) is 2.93. The van der Waals surface area contributed by atoms with Gasteiger partial charge in [-0.25, -0.2) is 4.98 Å². The van der Waals surface area contributed by atoms with Gasteiger partial charge in [0.05, 0.1) is 12.3 Å². The molecule has 0 fully saturated rings. The minimum absolute atomic E-state index is 0.373. The number of ether oxygens (including phenoxy) is 1. The summed E-state index contributed by atoms with van der Waals surface area (Å²) in [5.41, 5.74) is 8.61. The summed E-state index contributed by atoms with van der Waals surface area (Å²) in [4.78, 5) is 6.55. The van der Waals surface area contributed by atoms with E-state index in [0.717, 1.165) is 0 Å². The Balaban J connectivity index is 2.99. The highest BCUT2D eigenvalue weighted by atomic mass is 16.5. The van der Waals surface area contributed by atoms with Gasteiger partial charge in [-0.15, -0.1) is 0 Å². The zero-order chi connectivity index (χ0) is 8.81. The second-order valence-corrected chi connectivity index (χ2v) is 1.95. The number of pyridine rings is 1. The van der Waals surface area contributed by atoms with E-state index in [2.05, 4.69) is 15.0 Å². The van der Waals surface area contributed by atoms with E-state index in [9.17, 15) is 0 Å². The predicted molar refractivity (Wildman–Crippen MR) is 44.2 cm³/mol. The third-order valence-electron chi connectivity index (χ3n) is 1.18. The SMILES string of the molecule is CCOc1ncccc1N=[N+]=[N-]. The Labute approximate surface area is 69.6 Å². The fourth-order valence-electron chi connectivity index (χ4n) is 0.755. The molecule has 5 heteroatoms. The number of hydrogen-bond acceptors (Lipinski definition) is 3. The molecule has 0 saturated carbocycles. The van der Waals surface area contributed by atoms with E-state index in [1.807, 2.05) is 6.92 Å². The van der Waals surface area contributed by atoms with Gasteiger partial charge in [-0.1, -0.05) is 5.11 Å². The molecule has 0 N–H and O–H groups in total. The normalized spacial score (nSPS) is 8.75. The van der Waals surface area contributed by atoms with Gasteiger partial charge in [0.15, 0.2) is 0 Å². The zero-order valence-corrected chi connectivity index (χ0v) is 6.64. The van der Waals surface area contributed by atoms with Crippen molar-refractivity contribution in [2.45, 2.75) is 6.92 Å². The molecule has 0 aliphatic heterocycles. The summed E-state index contributed by atoms with van der Waals surface area (Å²) in [5.74, 6) is 0.373. The van der Waals surface area contributed by atoms with Crippen molar-refractivity contribution in [2.75, 3.05) is 6.61 Å². The summed E-state index contributed by atoms with van der Waals surface area (Å²) in [7, 11) is 0. The van der Waals surface area contributed by atoms with Crippen LogP contribution in [0.5, 0.6) is 5.88 Å². The van der Waals surface area contributed by atoms with Crippen molar-refractivity contribution in [3.05, 3.63) is 28.8 Å². The first-order valence-corrected chi connectivity index (χ1v) is 3.51. The Morgan fingerprint density at radius 2 is 2.58 bits per heavy atom. The summed E-state index contributed by atoms with van der Waals surface area (Å²) >= 11 is 0. The maximum absolute atomic E-state index is 8.19. The Bertz CT molecular complexity index is 306. The molecule has 0 radical (unpaired) electrons. The third kappa shape index (κ3) is 1.87. The molecular weight excluding hydrogens is 156 g/mol. The molecule has 0 aliphatic rings. The first-order valence-electron chi connectivity index (χ1n) is 3.51. The van der Waals surface area contributed by atoms with E-state index >= 15 is 0 Å². The number of aromatic nitrogens is 1. The van der Waals surface area contributed by atoms with Crippen LogP contribution in [0.2, 0.25) is 0 Å². The minimum Gasteiger partial charge on any atom is -0.478 e. The maximum Gasteiger partial charge on any atom is 0.222 e. The average molecular weight is 164 g/mol. The number of hydrogen-bond donors (Lipinski definition) is 0. The van der Waals surface area contributed by atoms with E-state index in [-0.39, 0.29) is 0 Å². The smallest absolute Gasteiger partial charge is 0.222 e. The van der Waals surface area contributed by atoms with Gasteiger partial charge in [-0.2, -0.15) is 0 Å². The van der Waals surface area contributed by atoms with Gasteiger partial charge in [0.1, 0.15) is 0 Å². The summed E-state index contributed by atoms with van der Waals surface area (Å²) in [6.45, 7) is 2.35. The quantitative estimate of drug-likeness (QED) is 0.391. The lowest BCUT2D eigenvalue weighted by atomic mass is 10.4. The summed E-state index contributed by atoms with van der Waals surface area (Å²) in [6, 6.07) is 3.34. The molecular formula is C7H8N4O. The van der Waals surface area contributed by atoms with Gasteiger partial charge in [-0.3, -0.25) is 0 Å². The largest absolute Gasteiger partial charge is 0.478 e. The molecule has 1 rings (SSSR count). The summed E-state index contributed by atoms with van der Waals surface area (Å²) < 4.78 is 5.11. The molecule has 5 nitrogen and oxygen atoms in total. The fraction of sp³-hybridized carbons (Fsp3) is 0.286. The van der Waals surface area contributed by atoms with Crippen molar-refractivity contribution in [3.63, 3.8) is 0 Å². The topological polar surface area (TPSA) is 70.9 Å². The monoisotopic (exact) mass is 164 g/mol. The van der Waals surface area contributed by atoms with E-state index in [1.165, 1.54) is 0 Å². The summed E-state index contributed by atoms with van der Waals surface area (Å²) in [5, 5.41) is 3.42. The first-order chi connectivity index (χ1) is 5.88. The van der Waals surface area contributed by atoms with Crippen molar-refractivity contribution < 1.29 is 4.74 Å². The first kappa shape index (κ1) is 8.36. The van der Waals surface area contributed by atoms with Crippen LogP contribution < -0.4 is 4.74 Å². The second kappa shape index (κ2) is 4.20. The van der Waals surface area contributed by atoms with Gasteiger partial charge < -0.3 is 4.74 Å². The molecule has 1 aromatic rings. The summed E-state index contributed by atoms with van der Waals surface area (Å²) in [6.07, 6.45) is 1.58. The highest BCUT2D eigenvalue weighted by Gasteiger charge is 1.99. The zero-order valence-electron chi connectivity index (χ0n) is 6.64. The third-order valence-corrected chi connectivity index (χ3v) is 1.18. The minimum atomic E-state index is 0.373. The van der Waals surface area contributed by atoms with E-state index in [1.54, 1.807) is 18.3 Å². The number of rotatable bonds is 3. The Morgan fingerprint density at radius 1 is 1.75 bits per heavy atom. The molecule has 62 valence electrons. The van der Waals surface area contributed by atoms with Crippen LogP contribution >= 0.6 is 0 Å². The molecule has 1 aromatic heterocycles. The van der Waals surface area contributed by atoms with Crippen molar-refractivity contribution in [1.82, 2.24) is 4.98 Å². The van der Waals surface area contributed by atoms with Crippen LogP contribution in [0.15, 0.2) is 23.4 Å². The molecule has 0 aliphatic carbocycles. The highest BCUT2D eigenvalue weighted by molar-refractivity contribution is 5.45. The maximum atomic E-state index is 8.19. The van der Waals surface area contributed by atoms with Gasteiger partial charge in [0.25, 0.3) is 0 Å². The van der Waals surface area contributed by atoms with Gasteiger partial charge >= 0.3 is 0 Å². The molecule has 0 saturated heterocycles. The lowest BCUT2D eigenvalue weighted by Gasteiger charge is -2.02. The molecule has 0 spiro atoms. The highest BCUT2D eigenvalue weighted by Crippen LogP contribution is 2.23. The average Bonchev–Trinajstić information content (AvgIpc) is 2.09. The molecule has 0 unspecified atom stereocenters. The molecule has 12 heavy (non-hydrogen) atoms. The van der Waals surface area contributed by atoms with Gasteiger partial charge in [-0.05, 0) is 24.6 Å². The van der Waals surface area contributed by atoms with Crippen LogP contribution in [0.25, 0.3) is 10.4 Å². The lowest BCUT2D eigenvalue weighted by Crippen LogP contribution is -1.93. The predicted octanol–water partition coefficient (Wildman–Crippen LogP) is 2.42. The van der Waals surface area contributed by atoms with Crippen molar-refractivity contribution >= 4 is 5.69 Å². The Morgan fingerprint density at radius 3 is 3.25 bits per heavy atom. The van der Waals surface area contributed by atoms with Crippen LogP contribution in [0.3, 0.4) is 0 Å². The molecule has 0 amide bonds. The number of nitrogens with zero attached hydrogens (tertiary/aromatic N) is 4. The second-order valence-electron chi connectivity index (χ2n) is 1.95. The number of azide groups is 1. The van der Waals surface area contributed by atoms with E-state index in [4.69, 9.17) is 10.3 Å². The fourth-order valence-corrected chi connectivity index (χ4v) is 0.755. The van der Waals surface area contributed by atoms with E-state index < -0.39 is 0 Å². The van der Waals surface area contributed by atoms with Crippen LogP contribution in [0, 0.1) is 0 Å². The molecule has 0 aromatic carbocycles. The molecule has 1 heterocycles. The van der Waals surface area contributed by atoms with Crippen LogP contribution in [0.1, 0.15) is 6.92 Å². The van der Waals surface area contributed by atoms with Gasteiger partial charge in [0, 0.05) is 11.1 Å².